The van der Waals surface area contributed by atoms with Crippen molar-refractivity contribution in [1.29, 1.82) is 0 Å². The Balaban J connectivity index is 1.69. The second-order valence-corrected chi connectivity index (χ2v) is 8.32. The van der Waals surface area contributed by atoms with Gasteiger partial charge in [0.25, 0.3) is 0 Å². The third kappa shape index (κ3) is 6.04. The summed E-state index contributed by atoms with van der Waals surface area (Å²) in [5, 5.41) is 10.4. The van der Waals surface area contributed by atoms with Crippen molar-refractivity contribution in [1.82, 2.24) is 0 Å². The largest absolute Gasteiger partial charge is 0.497 e. The van der Waals surface area contributed by atoms with Gasteiger partial charge in [-0.05, 0) is 85.5 Å². The quantitative estimate of drug-likeness (QED) is 0.387. The Hall–Kier alpha value is -4.06. The lowest BCUT2D eigenvalue weighted by atomic mass is 10.1. The molecule has 1 aliphatic heterocycles. The maximum absolute atomic E-state index is 5.28. The maximum atomic E-state index is 5.28. The van der Waals surface area contributed by atoms with E-state index >= 15 is 0 Å². The zero-order valence-electron chi connectivity index (χ0n) is 20.1. The third-order valence-electron chi connectivity index (χ3n) is 5.53. The number of aliphatic imine (C=N–C) groups is 2. The van der Waals surface area contributed by atoms with Gasteiger partial charge in [-0.2, -0.15) is 9.98 Å². The number of aryl methyl sites for hydroxylation is 2. The minimum atomic E-state index is 0.513. The number of methoxy groups -OCH3 is 1. The molecule has 0 fully saturated rings. The van der Waals surface area contributed by atoms with E-state index in [1.165, 1.54) is 16.7 Å². The second-order valence-electron chi connectivity index (χ2n) is 8.32. The summed E-state index contributed by atoms with van der Waals surface area (Å²) < 4.78 is 5.28. The van der Waals surface area contributed by atoms with Crippen LogP contribution in [0.5, 0.6) is 5.75 Å². The Morgan fingerprint density at radius 1 is 0.765 bits per heavy atom. The van der Waals surface area contributed by atoms with Crippen LogP contribution in [-0.2, 0) is 0 Å². The Kier molecular flexibility index (Phi) is 7.28. The number of benzene rings is 3. The number of hydrogen-bond donors (Lipinski definition) is 3. The molecule has 3 aromatic rings. The highest BCUT2D eigenvalue weighted by Crippen LogP contribution is 2.24. The normalized spacial score (nSPS) is 13.5. The highest BCUT2D eigenvalue weighted by Gasteiger charge is 2.16. The van der Waals surface area contributed by atoms with Gasteiger partial charge < -0.3 is 20.7 Å². The van der Waals surface area contributed by atoms with E-state index in [2.05, 4.69) is 73.1 Å². The average Bonchev–Trinajstić information content (AvgIpc) is 2.98. The molecule has 6 nitrogen and oxygen atoms in total. The van der Waals surface area contributed by atoms with E-state index in [9.17, 15) is 0 Å². The van der Waals surface area contributed by atoms with Gasteiger partial charge in [0.1, 0.15) is 17.4 Å². The standard InChI is InChI=1S/C28H31N5O/c1-5-21-18-26(29-23-10-6-8-19(2)16-23)32-28(31-22-12-14-25(34-4)15-13-22)33-27(21)30-24-11-7-9-20(3)17-24/h6-17,30H,5,18H2,1-4H3,(H2,29,31,32,33). The first-order valence-corrected chi connectivity index (χ1v) is 11.5. The Morgan fingerprint density at radius 2 is 1.41 bits per heavy atom. The van der Waals surface area contributed by atoms with Crippen molar-refractivity contribution in [2.24, 2.45) is 9.98 Å². The molecule has 4 rings (SSSR count). The summed E-state index contributed by atoms with van der Waals surface area (Å²) in [6.45, 7) is 6.31. The van der Waals surface area contributed by atoms with Crippen molar-refractivity contribution >= 4 is 28.9 Å². The molecule has 1 heterocycles. The fourth-order valence-corrected chi connectivity index (χ4v) is 3.75. The van der Waals surface area contributed by atoms with Crippen LogP contribution in [0.25, 0.3) is 0 Å². The first kappa shape index (κ1) is 23.1. The van der Waals surface area contributed by atoms with Crippen LogP contribution >= 0.6 is 0 Å². The number of amidine groups is 1. The third-order valence-corrected chi connectivity index (χ3v) is 5.53. The van der Waals surface area contributed by atoms with E-state index in [4.69, 9.17) is 14.7 Å². The predicted molar refractivity (Wildman–Crippen MR) is 143 cm³/mol. The zero-order valence-corrected chi connectivity index (χ0v) is 20.1. The lowest BCUT2D eigenvalue weighted by Gasteiger charge is -2.13. The first-order valence-electron chi connectivity index (χ1n) is 11.5. The van der Waals surface area contributed by atoms with Crippen LogP contribution in [0.4, 0.5) is 17.1 Å². The summed E-state index contributed by atoms with van der Waals surface area (Å²) in [5.74, 6) is 2.96. The minimum absolute atomic E-state index is 0.513. The fraction of sp³-hybridized carbons (Fsp3) is 0.214. The van der Waals surface area contributed by atoms with Crippen molar-refractivity contribution in [3.8, 4) is 5.75 Å². The smallest absolute Gasteiger partial charge is 0.230 e. The Bertz CT molecular complexity index is 1240. The highest BCUT2D eigenvalue weighted by atomic mass is 16.5. The molecule has 3 N–H and O–H groups in total. The maximum Gasteiger partial charge on any atom is 0.230 e. The highest BCUT2D eigenvalue weighted by molar-refractivity contribution is 6.09. The second kappa shape index (κ2) is 10.7. The van der Waals surface area contributed by atoms with Crippen LogP contribution in [0.1, 0.15) is 30.9 Å². The lowest BCUT2D eigenvalue weighted by Crippen LogP contribution is -2.17. The van der Waals surface area contributed by atoms with Crippen LogP contribution in [-0.4, -0.2) is 18.9 Å². The van der Waals surface area contributed by atoms with E-state index in [-0.39, 0.29) is 0 Å². The fourth-order valence-electron chi connectivity index (χ4n) is 3.75. The summed E-state index contributed by atoms with van der Waals surface area (Å²) in [6.07, 6.45) is 1.51. The number of hydrogen-bond acceptors (Lipinski definition) is 6. The van der Waals surface area contributed by atoms with E-state index in [0.717, 1.165) is 40.9 Å². The molecule has 0 aromatic heterocycles. The number of nitrogens with one attached hydrogen (secondary N) is 3. The molecule has 0 unspecified atom stereocenters. The van der Waals surface area contributed by atoms with Crippen LogP contribution in [0.2, 0.25) is 0 Å². The van der Waals surface area contributed by atoms with E-state index < -0.39 is 0 Å². The molecule has 0 spiro atoms. The molecule has 0 aliphatic carbocycles. The molecule has 34 heavy (non-hydrogen) atoms. The van der Waals surface area contributed by atoms with Crippen molar-refractivity contribution in [2.75, 3.05) is 23.1 Å². The molecule has 0 atom stereocenters. The monoisotopic (exact) mass is 453 g/mol. The van der Waals surface area contributed by atoms with Gasteiger partial charge in [-0.15, -0.1) is 0 Å². The molecule has 0 radical (unpaired) electrons. The van der Waals surface area contributed by atoms with Gasteiger partial charge in [0.15, 0.2) is 0 Å². The Morgan fingerprint density at radius 3 is 2.00 bits per heavy atom. The summed E-state index contributed by atoms with van der Waals surface area (Å²) >= 11 is 0. The van der Waals surface area contributed by atoms with Crippen molar-refractivity contribution < 1.29 is 4.74 Å². The topological polar surface area (TPSA) is 70.0 Å². The molecule has 6 heteroatoms. The number of nitrogens with zero attached hydrogens (tertiary/aromatic N) is 2. The van der Waals surface area contributed by atoms with Crippen molar-refractivity contribution in [3.05, 3.63) is 95.3 Å². The van der Waals surface area contributed by atoms with Crippen LogP contribution in [0, 0.1) is 13.8 Å². The van der Waals surface area contributed by atoms with Crippen LogP contribution < -0.4 is 20.7 Å². The average molecular weight is 454 g/mol. The summed E-state index contributed by atoms with van der Waals surface area (Å²) in [7, 11) is 1.66. The van der Waals surface area contributed by atoms with Gasteiger partial charge >= 0.3 is 0 Å². The molecular formula is C28H31N5O. The summed E-state index contributed by atoms with van der Waals surface area (Å²) in [6, 6.07) is 24.3. The molecule has 3 aromatic carbocycles. The minimum Gasteiger partial charge on any atom is -0.497 e. The number of anilines is 3. The Labute approximate surface area is 201 Å². The van der Waals surface area contributed by atoms with Gasteiger partial charge in [0, 0.05) is 23.5 Å². The van der Waals surface area contributed by atoms with Gasteiger partial charge in [0.2, 0.25) is 5.96 Å². The molecular weight excluding hydrogens is 422 g/mol. The number of ether oxygens (including phenoxy) is 1. The van der Waals surface area contributed by atoms with Crippen LogP contribution in [0.3, 0.4) is 0 Å². The predicted octanol–water partition coefficient (Wildman–Crippen LogP) is 6.73. The molecule has 0 bridgehead atoms. The van der Waals surface area contributed by atoms with Gasteiger partial charge in [0.05, 0.1) is 7.11 Å². The summed E-state index contributed by atoms with van der Waals surface area (Å²) in [5.41, 5.74) is 6.45. The SMILES string of the molecule is CCC1=C(Nc2cccc(C)c2)N=C(Nc2ccc(OC)cc2)N=C(Nc2cccc(C)c2)C1. The van der Waals surface area contributed by atoms with Gasteiger partial charge in [-0.1, -0.05) is 31.2 Å². The summed E-state index contributed by atoms with van der Waals surface area (Å²) in [4.78, 5) is 9.79. The zero-order chi connectivity index (χ0) is 23.9. The number of guanidine groups is 1. The molecule has 0 amide bonds. The van der Waals surface area contributed by atoms with E-state index in [1.54, 1.807) is 7.11 Å². The van der Waals surface area contributed by atoms with Gasteiger partial charge in [-0.25, -0.2) is 0 Å². The molecule has 174 valence electrons. The van der Waals surface area contributed by atoms with Crippen LogP contribution in [0.15, 0.2) is 94.2 Å². The van der Waals surface area contributed by atoms with Crippen molar-refractivity contribution in [2.45, 2.75) is 33.6 Å². The van der Waals surface area contributed by atoms with Crippen molar-refractivity contribution in [3.63, 3.8) is 0 Å². The van der Waals surface area contributed by atoms with E-state index in [0.29, 0.717) is 12.4 Å². The molecule has 0 saturated carbocycles. The molecule has 0 saturated heterocycles. The van der Waals surface area contributed by atoms with Gasteiger partial charge in [-0.3, -0.25) is 0 Å². The molecule has 1 aliphatic rings. The first-order chi connectivity index (χ1) is 16.5. The lowest BCUT2D eigenvalue weighted by molar-refractivity contribution is 0.415. The van der Waals surface area contributed by atoms with E-state index in [1.807, 2.05) is 36.4 Å². The number of rotatable bonds is 6.